The molecule has 2 N–H and O–H groups in total. The number of halogens is 3. The Labute approximate surface area is 175 Å². The molecule has 0 radical (unpaired) electrons. The Morgan fingerprint density at radius 3 is 2.58 bits per heavy atom. The fourth-order valence-corrected chi connectivity index (χ4v) is 3.21. The summed E-state index contributed by atoms with van der Waals surface area (Å²) >= 11 is 0. The maximum absolute atomic E-state index is 15.1. The number of nitrogens with zero attached hydrogens (tertiary/aromatic N) is 5. The number of anilines is 2. The van der Waals surface area contributed by atoms with Crippen molar-refractivity contribution in [2.24, 2.45) is 0 Å². The lowest BCUT2D eigenvalue weighted by Crippen LogP contribution is -2.14. The van der Waals surface area contributed by atoms with Crippen LogP contribution in [0.4, 0.5) is 24.7 Å². The Morgan fingerprint density at radius 1 is 1.23 bits per heavy atom. The van der Waals surface area contributed by atoms with Gasteiger partial charge in [0.25, 0.3) is 6.43 Å². The first kappa shape index (κ1) is 20.6. The molecule has 5 rings (SSSR count). The lowest BCUT2D eigenvalue weighted by molar-refractivity contribution is -0.105. The third kappa shape index (κ3) is 3.90. The average Bonchev–Trinajstić information content (AvgIpc) is 3.43. The largest absolute Gasteiger partial charge is 0.374 e. The molecule has 0 spiro atoms. The summed E-state index contributed by atoms with van der Waals surface area (Å²) in [5.74, 6) is -0.770. The van der Waals surface area contributed by atoms with Gasteiger partial charge in [0, 0.05) is 31.2 Å². The van der Waals surface area contributed by atoms with E-state index in [0.717, 1.165) is 0 Å². The summed E-state index contributed by atoms with van der Waals surface area (Å²) in [6.45, 7) is 0. The van der Waals surface area contributed by atoms with Gasteiger partial charge in [-0.05, 0) is 0 Å². The first-order valence-electron chi connectivity index (χ1n) is 9.61. The zero-order valence-corrected chi connectivity index (χ0v) is 16.9. The highest BCUT2D eigenvalue weighted by molar-refractivity contribution is 6.02. The van der Waals surface area contributed by atoms with Crippen LogP contribution in [0.5, 0.6) is 0 Å². The monoisotopic (exact) mass is 431 g/mol. The summed E-state index contributed by atoms with van der Waals surface area (Å²) in [6, 6.07) is 0. The van der Waals surface area contributed by atoms with Gasteiger partial charge < -0.3 is 14.6 Å². The smallest absolute Gasteiger partial charge is 0.267 e. The molecular formula is C20H20F3N7O. The number of hydrogen-bond acceptors (Lipinski definition) is 5. The quantitative estimate of drug-likeness (QED) is 0.463. The van der Waals surface area contributed by atoms with Gasteiger partial charge in [0.15, 0.2) is 17.3 Å². The molecule has 1 saturated carbocycles. The Hall–Kier alpha value is -3.63. The molecule has 0 aliphatic heterocycles. The highest BCUT2D eigenvalue weighted by Gasteiger charge is 2.29. The van der Waals surface area contributed by atoms with Crippen molar-refractivity contribution in [3.8, 4) is 11.3 Å². The molecule has 0 bridgehead atoms. The first-order chi connectivity index (χ1) is 14.9. The normalized spacial score (nSPS) is 12.7. The minimum absolute atomic E-state index is 0.00673. The number of carbonyl (C=O) groups excluding carboxylic acids is 1. The first-order valence-corrected chi connectivity index (χ1v) is 9.61. The summed E-state index contributed by atoms with van der Waals surface area (Å²) in [5.41, 5.74) is -0.0161. The molecule has 4 aromatic rings. The number of rotatable bonds is 5. The molecule has 11 heteroatoms. The van der Waals surface area contributed by atoms with Crippen LogP contribution in [0.15, 0.2) is 24.8 Å². The summed E-state index contributed by atoms with van der Waals surface area (Å²) in [7, 11) is 3.12. The van der Waals surface area contributed by atoms with Gasteiger partial charge in [-0.3, -0.25) is 14.9 Å². The molecule has 0 atom stereocenters. The third-order valence-corrected chi connectivity index (χ3v) is 4.68. The van der Waals surface area contributed by atoms with E-state index in [4.69, 9.17) is 0 Å². The van der Waals surface area contributed by atoms with Crippen molar-refractivity contribution >= 4 is 34.5 Å². The summed E-state index contributed by atoms with van der Waals surface area (Å²) in [4.78, 5) is 20.3. The van der Waals surface area contributed by atoms with E-state index in [1.165, 1.54) is 53.4 Å². The van der Waals surface area contributed by atoms with Crippen LogP contribution in [-0.2, 0) is 4.79 Å². The van der Waals surface area contributed by atoms with Crippen LogP contribution >= 0.6 is 0 Å². The molecule has 0 unspecified atom stereocenters. The Morgan fingerprint density at radius 2 is 1.97 bits per heavy atom. The predicted octanol–water partition coefficient (Wildman–Crippen LogP) is 4.15. The second kappa shape index (κ2) is 8.25. The summed E-state index contributed by atoms with van der Waals surface area (Å²) in [6.07, 6.45) is 7.55. The van der Waals surface area contributed by atoms with Crippen LogP contribution in [-0.4, -0.2) is 45.1 Å². The fourth-order valence-electron chi connectivity index (χ4n) is 3.21. The molecule has 31 heavy (non-hydrogen) atoms. The van der Waals surface area contributed by atoms with E-state index >= 15 is 4.39 Å². The van der Waals surface area contributed by atoms with E-state index in [0.29, 0.717) is 17.4 Å². The zero-order valence-electron chi connectivity index (χ0n) is 16.9. The van der Waals surface area contributed by atoms with Crippen molar-refractivity contribution in [1.29, 1.82) is 0 Å². The summed E-state index contributed by atoms with van der Waals surface area (Å²) < 4.78 is 44.4. The molecule has 8 nitrogen and oxygen atoms in total. The van der Waals surface area contributed by atoms with Crippen LogP contribution in [0.2, 0.25) is 0 Å². The maximum atomic E-state index is 15.1. The van der Waals surface area contributed by atoms with Crippen molar-refractivity contribution < 1.29 is 18.0 Å². The van der Waals surface area contributed by atoms with E-state index in [1.54, 1.807) is 14.1 Å². The van der Waals surface area contributed by atoms with Gasteiger partial charge >= 0.3 is 0 Å². The van der Waals surface area contributed by atoms with Crippen LogP contribution in [0.25, 0.3) is 27.8 Å². The lowest BCUT2D eigenvalue weighted by atomic mass is 9.98. The van der Waals surface area contributed by atoms with Gasteiger partial charge in [-0.25, -0.2) is 18.2 Å². The van der Waals surface area contributed by atoms with Crippen molar-refractivity contribution in [2.75, 3.05) is 24.3 Å². The third-order valence-electron chi connectivity index (χ3n) is 4.68. The van der Waals surface area contributed by atoms with Crippen LogP contribution in [0, 0.1) is 5.82 Å². The number of carbonyl (C=O) groups is 1. The highest BCUT2D eigenvalue weighted by atomic mass is 19.3. The standard InChI is InChI=1S/C17H14F3N7O.C3H6/c1-26(2)16-14(18)13(17(19)20)12(8-3-23-25-15(8)16)9-5-27-6-10(22-7-28)24-11(27)4-21-9;1-2-3-1/h3-7,17H,1-2H3,(H,22,28)(H,23,25);1-3H2. The molecule has 1 aliphatic carbocycles. The van der Waals surface area contributed by atoms with E-state index in [9.17, 15) is 13.6 Å². The predicted molar refractivity (Wildman–Crippen MR) is 111 cm³/mol. The number of nitrogens with one attached hydrogen (secondary N) is 2. The minimum atomic E-state index is -3.07. The zero-order chi connectivity index (χ0) is 22.1. The Balaban J connectivity index is 0.000000710. The number of benzene rings is 1. The van der Waals surface area contributed by atoms with Crippen molar-refractivity contribution in [3.63, 3.8) is 0 Å². The molecule has 1 aliphatic rings. The number of fused-ring (bicyclic) bond motifs is 2. The van der Waals surface area contributed by atoms with Gasteiger partial charge in [0.1, 0.15) is 0 Å². The van der Waals surface area contributed by atoms with E-state index in [1.807, 2.05) is 0 Å². The van der Waals surface area contributed by atoms with Crippen molar-refractivity contribution in [1.82, 2.24) is 24.6 Å². The lowest BCUT2D eigenvalue weighted by Gasteiger charge is -2.20. The van der Waals surface area contributed by atoms with Gasteiger partial charge in [0.05, 0.1) is 41.1 Å². The van der Waals surface area contributed by atoms with Gasteiger partial charge in [0.2, 0.25) is 6.41 Å². The second-order valence-electron chi connectivity index (χ2n) is 7.29. The average molecular weight is 431 g/mol. The van der Waals surface area contributed by atoms with Crippen molar-refractivity contribution in [3.05, 3.63) is 36.2 Å². The molecule has 3 heterocycles. The number of aromatic nitrogens is 5. The van der Waals surface area contributed by atoms with Crippen LogP contribution in [0.3, 0.4) is 0 Å². The Bertz CT molecular complexity index is 1240. The number of imidazole rings is 1. The number of aromatic amines is 1. The van der Waals surface area contributed by atoms with Gasteiger partial charge in [-0.15, -0.1) is 0 Å². The SMILES string of the molecule is C1CC1.CN(C)c1c(F)c(C(F)F)c(-c2cn3cc(NC=O)nc3cn2)c2cn[nH]c12. The number of amides is 1. The molecule has 1 amide bonds. The topological polar surface area (TPSA) is 91.2 Å². The van der Waals surface area contributed by atoms with E-state index in [-0.39, 0.29) is 28.3 Å². The molecular weight excluding hydrogens is 411 g/mol. The number of hydrogen-bond donors (Lipinski definition) is 2. The Kier molecular flexibility index (Phi) is 5.49. The molecule has 1 fully saturated rings. The second-order valence-corrected chi connectivity index (χ2v) is 7.29. The number of alkyl halides is 2. The van der Waals surface area contributed by atoms with Crippen LogP contribution in [0.1, 0.15) is 31.3 Å². The maximum Gasteiger partial charge on any atom is 0.267 e. The minimum Gasteiger partial charge on any atom is -0.374 e. The fraction of sp³-hybridized carbons (Fsp3) is 0.300. The summed E-state index contributed by atoms with van der Waals surface area (Å²) in [5, 5.41) is 9.29. The van der Waals surface area contributed by atoms with Crippen molar-refractivity contribution in [2.45, 2.75) is 25.7 Å². The highest BCUT2D eigenvalue weighted by Crippen LogP contribution is 2.42. The molecule has 1 aromatic carbocycles. The van der Waals surface area contributed by atoms with E-state index in [2.05, 4.69) is 25.5 Å². The number of H-pyrrole nitrogens is 1. The van der Waals surface area contributed by atoms with Crippen LogP contribution < -0.4 is 10.2 Å². The molecule has 0 saturated heterocycles. The van der Waals surface area contributed by atoms with E-state index < -0.39 is 17.8 Å². The molecule has 162 valence electrons. The van der Waals surface area contributed by atoms with Gasteiger partial charge in [-0.1, -0.05) is 19.3 Å². The molecule has 3 aromatic heterocycles. The van der Waals surface area contributed by atoms with Gasteiger partial charge in [-0.2, -0.15) is 5.10 Å².